The Morgan fingerprint density at radius 3 is 2.94 bits per heavy atom. The molecule has 32 heavy (non-hydrogen) atoms. The number of aromatic nitrogens is 2. The predicted octanol–water partition coefficient (Wildman–Crippen LogP) is 4.77. The summed E-state index contributed by atoms with van der Waals surface area (Å²) in [6.45, 7) is 3.46. The highest BCUT2D eigenvalue weighted by Crippen LogP contribution is 2.50. The Balaban J connectivity index is 1.25. The number of carbonyl (C=O) groups is 1. The highest BCUT2D eigenvalue weighted by molar-refractivity contribution is 5.99. The van der Waals surface area contributed by atoms with Crippen LogP contribution in [0.5, 0.6) is 0 Å². The summed E-state index contributed by atoms with van der Waals surface area (Å²) in [6, 6.07) is 20.4. The molecule has 1 N–H and O–H groups in total. The van der Waals surface area contributed by atoms with Crippen LogP contribution >= 0.6 is 0 Å². The average molecular weight is 425 g/mol. The normalized spacial score (nSPS) is 21.5. The van der Waals surface area contributed by atoms with E-state index in [0.29, 0.717) is 30.1 Å². The summed E-state index contributed by atoms with van der Waals surface area (Å²) in [5.41, 5.74) is 5.17. The minimum atomic E-state index is -0.00123. The molecule has 2 fully saturated rings. The van der Waals surface area contributed by atoms with Gasteiger partial charge in [-0.3, -0.25) is 9.78 Å². The number of amides is 1. The molecule has 1 saturated carbocycles. The fourth-order valence-corrected chi connectivity index (χ4v) is 4.96. The summed E-state index contributed by atoms with van der Waals surface area (Å²) in [5, 5.41) is 3.33. The first-order valence-electron chi connectivity index (χ1n) is 11.1. The molecule has 4 aromatic rings. The molecule has 0 radical (unpaired) electrons. The lowest BCUT2D eigenvalue weighted by molar-refractivity contribution is 0.0710. The number of piperidine rings is 1. The van der Waals surface area contributed by atoms with E-state index in [1.54, 1.807) is 6.20 Å². The molecule has 6 nitrogen and oxygen atoms in total. The molecule has 2 aromatic heterocycles. The smallest absolute Gasteiger partial charge is 0.295 e. The summed E-state index contributed by atoms with van der Waals surface area (Å²) in [5.74, 6) is 1.11. The summed E-state index contributed by atoms with van der Waals surface area (Å²) in [7, 11) is 0. The van der Waals surface area contributed by atoms with Gasteiger partial charge in [0, 0.05) is 24.8 Å². The molecule has 0 spiro atoms. The van der Waals surface area contributed by atoms with Gasteiger partial charge < -0.3 is 14.6 Å². The molecule has 1 saturated heterocycles. The number of anilines is 1. The maximum atomic E-state index is 13.7. The van der Waals surface area contributed by atoms with Crippen molar-refractivity contribution in [1.82, 2.24) is 14.9 Å². The Bertz CT molecular complexity index is 1280. The van der Waals surface area contributed by atoms with Gasteiger partial charge in [-0.25, -0.2) is 0 Å². The van der Waals surface area contributed by atoms with Crippen LogP contribution in [0, 0.1) is 18.8 Å². The molecule has 6 heteroatoms. The average Bonchev–Trinajstić information content (AvgIpc) is 3.31. The van der Waals surface area contributed by atoms with Gasteiger partial charge in [-0.05, 0) is 48.9 Å². The summed E-state index contributed by atoms with van der Waals surface area (Å²) in [4.78, 5) is 24.7. The molecule has 1 aliphatic carbocycles. The van der Waals surface area contributed by atoms with E-state index in [9.17, 15) is 4.79 Å². The van der Waals surface area contributed by atoms with Crippen LogP contribution in [-0.2, 0) is 0 Å². The topological polar surface area (TPSA) is 71.3 Å². The third-order valence-electron chi connectivity index (χ3n) is 6.66. The lowest BCUT2D eigenvalue weighted by Crippen LogP contribution is -2.43. The minimum absolute atomic E-state index is 0.00123. The number of hydrogen-bond donors (Lipinski definition) is 1. The first kappa shape index (κ1) is 19.0. The van der Waals surface area contributed by atoms with E-state index in [4.69, 9.17) is 4.42 Å². The van der Waals surface area contributed by atoms with Crippen molar-refractivity contribution < 1.29 is 9.21 Å². The molecule has 3 heterocycles. The molecule has 0 unspecified atom stereocenters. The van der Waals surface area contributed by atoms with Crippen molar-refractivity contribution in [3.05, 3.63) is 78.1 Å². The number of fused-ring (bicyclic) bond motifs is 2. The fraction of sp³-hybridized carbons (Fsp3) is 0.269. The van der Waals surface area contributed by atoms with Gasteiger partial charge in [0.2, 0.25) is 0 Å². The van der Waals surface area contributed by atoms with Crippen molar-refractivity contribution in [3.8, 4) is 11.1 Å². The largest absolute Gasteiger partial charge is 0.424 e. The van der Waals surface area contributed by atoms with Gasteiger partial charge in [-0.2, -0.15) is 4.98 Å². The number of oxazole rings is 1. The van der Waals surface area contributed by atoms with Crippen molar-refractivity contribution in [2.24, 2.45) is 11.8 Å². The second kappa shape index (κ2) is 7.48. The first-order valence-corrected chi connectivity index (χ1v) is 11.1. The Labute approximate surface area is 186 Å². The van der Waals surface area contributed by atoms with Crippen molar-refractivity contribution >= 4 is 23.0 Å². The Morgan fingerprint density at radius 1 is 1.16 bits per heavy atom. The van der Waals surface area contributed by atoms with Crippen molar-refractivity contribution in [1.29, 1.82) is 0 Å². The van der Waals surface area contributed by atoms with Crippen LogP contribution in [0.15, 0.2) is 71.3 Å². The maximum absolute atomic E-state index is 13.7. The van der Waals surface area contributed by atoms with E-state index in [1.807, 2.05) is 53.4 Å². The van der Waals surface area contributed by atoms with E-state index < -0.39 is 0 Å². The minimum Gasteiger partial charge on any atom is -0.424 e. The van der Waals surface area contributed by atoms with Gasteiger partial charge in [-0.1, -0.05) is 48.0 Å². The molecule has 1 amide bonds. The molecule has 0 bridgehead atoms. The van der Waals surface area contributed by atoms with E-state index in [2.05, 4.69) is 34.3 Å². The van der Waals surface area contributed by atoms with Crippen LogP contribution in [-0.4, -0.2) is 39.9 Å². The van der Waals surface area contributed by atoms with Crippen LogP contribution in [0.25, 0.3) is 22.2 Å². The van der Waals surface area contributed by atoms with E-state index in [-0.39, 0.29) is 11.9 Å². The van der Waals surface area contributed by atoms with Crippen molar-refractivity contribution in [2.45, 2.75) is 19.4 Å². The second-order valence-electron chi connectivity index (χ2n) is 8.82. The zero-order chi connectivity index (χ0) is 21.7. The highest BCUT2D eigenvalue weighted by Gasteiger charge is 2.54. The van der Waals surface area contributed by atoms with Crippen LogP contribution < -0.4 is 5.32 Å². The summed E-state index contributed by atoms with van der Waals surface area (Å²) < 4.78 is 5.81. The predicted molar refractivity (Wildman–Crippen MR) is 123 cm³/mol. The first-order chi connectivity index (χ1) is 15.7. The molecule has 1 aliphatic heterocycles. The van der Waals surface area contributed by atoms with Crippen LogP contribution in [0.3, 0.4) is 0 Å². The number of hydrogen-bond acceptors (Lipinski definition) is 5. The quantitative estimate of drug-likeness (QED) is 0.500. The number of benzene rings is 2. The zero-order valence-electron chi connectivity index (χ0n) is 17.9. The zero-order valence-corrected chi connectivity index (χ0v) is 17.9. The van der Waals surface area contributed by atoms with Gasteiger partial charge in [0.05, 0.1) is 6.04 Å². The molecule has 2 aliphatic rings. The molecule has 2 aromatic carbocycles. The molecule has 3 atom stereocenters. The number of aryl methyl sites for hydroxylation is 1. The number of carbonyl (C=O) groups excluding carboxylic acids is 1. The van der Waals surface area contributed by atoms with Gasteiger partial charge in [0.15, 0.2) is 5.58 Å². The summed E-state index contributed by atoms with van der Waals surface area (Å²) >= 11 is 0. The third-order valence-corrected chi connectivity index (χ3v) is 6.66. The summed E-state index contributed by atoms with van der Waals surface area (Å²) in [6.07, 6.45) is 2.88. The number of pyridine rings is 1. The lowest BCUT2D eigenvalue weighted by atomic mass is 10.0. The second-order valence-corrected chi connectivity index (χ2v) is 8.82. The highest BCUT2D eigenvalue weighted by atomic mass is 16.4. The Morgan fingerprint density at radius 2 is 2.06 bits per heavy atom. The van der Waals surface area contributed by atoms with E-state index in [0.717, 1.165) is 34.3 Å². The third kappa shape index (κ3) is 3.32. The molecule has 6 rings (SSSR count). The van der Waals surface area contributed by atoms with E-state index >= 15 is 0 Å². The number of para-hydroxylation sites is 2. The Hall–Kier alpha value is -3.67. The fourth-order valence-electron chi connectivity index (χ4n) is 4.96. The van der Waals surface area contributed by atoms with Gasteiger partial charge in [0.25, 0.3) is 11.9 Å². The van der Waals surface area contributed by atoms with E-state index in [1.165, 1.54) is 6.42 Å². The van der Waals surface area contributed by atoms with Gasteiger partial charge >= 0.3 is 0 Å². The number of nitrogens with one attached hydrogen (secondary N) is 1. The van der Waals surface area contributed by atoms with Crippen molar-refractivity contribution in [3.63, 3.8) is 0 Å². The number of nitrogens with zero attached hydrogens (tertiary/aromatic N) is 3. The van der Waals surface area contributed by atoms with Crippen LogP contribution in [0.1, 0.15) is 22.5 Å². The monoisotopic (exact) mass is 424 g/mol. The van der Waals surface area contributed by atoms with Gasteiger partial charge in [-0.15, -0.1) is 0 Å². The van der Waals surface area contributed by atoms with Crippen LogP contribution in [0.4, 0.5) is 6.01 Å². The van der Waals surface area contributed by atoms with Gasteiger partial charge in [0.1, 0.15) is 11.2 Å². The number of likely N-dealkylation sites (tertiary alicyclic amines) is 1. The number of rotatable bonds is 5. The molecular weight excluding hydrogens is 400 g/mol. The molecule has 160 valence electrons. The van der Waals surface area contributed by atoms with Crippen molar-refractivity contribution in [2.75, 3.05) is 18.4 Å². The van der Waals surface area contributed by atoms with Crippen LogP contribution in [0.2, 0.25) is 0 Å². The lowest BCUT2D eigenvalue weighted by Gasteiger charge is -2.28. The standard InChI is InChI=1S/C26H24N4O2/c1-16-6-4-7-17(12-16)19-8-5-11-27-24(19)25(31)30-15-18-13-20(18)22(30)14-28-26-29-21-9-2-3-10-23(21)32-26/h2-12,18,20,22H,13-15H2,1H3,(H,28,29)/t18-,20-,22-/m1/s1. The Kier molecular flexibility index (Phi) is 4.45. The SMILES string of the molecule is Cc1cccc(-c2cccnc2C(=O)N2C[C@H]3C[C@H]3[C@H]2CNc2nc3ccccc3o2)c1. The molecular formula is C26H24N4O2. The maximum Gasteiger partial charge on any atom is 0.295 e.